The van der Waals surface area contributed by atoms with Crippen molar-refractivity contribution < 1.29 is 9.21 Å². The maximum Gasteiger partial charge on any atom is 0.289 e. The third-order valence-electron chi connectivity index (χ3n) is 3.96. The van der Waals surface area contributed by atoms with Gasteiger partial charge >= 0.3 is 0 Å². The first kappa shape index (κ1) is 13.9. The lowest BCUT2D eigenvalue weighted by Crippen LogP contribution is -2.49. The number of hydrogen-bond acceptors (Lipinski definition) is 4. The second kappa shape index (κ2) is 6.13. The first-order chi connectivity index (χ1) is 10.2. The van der Waals surface area contributed by atoms with Crippen LogP contribution in [0, 0.1) is 0 Å². The van der Waals surface area contributed by atoms with E-state index in [1.54, 1.807) is 12.1 Å². The second-order valence-corrected chi connectivity index (χ2v) is 5.32. The zero-order chi connectivity index (χ0) is 14.7. The minimum Gasteiger partial charge on any atom is -0.459 e. The number of nitrogens with zero attached hydrogens (tertiary/aromatic N) is 4. The quantitative estimate of drug-likeness (QED) is 0.842. The normalized spacial score (nSPS) is 16.3. The summed E-state index contributed by atoms with van der Waals surface area (Å²) in [5, 5.41) is 0. The molecule has 2 aromatic heterocycles. The Hall–Kier alpha value is -2.08. The first-order valence-corrected chi connectivity index (χ1v) is 7.25. The zero-order valence-electron chi connectivity index (χ0n) is 12.2. The van der Waals surface area contributed by atoms with E-state index in [1.165, 1.54) is 6.26 Å². The highest BCUT2D eigenvalue weighted by Gasteiger charge is 2.23. The van der Waals surface area contributed by atoms with Crippen molar-refractivity contribution in [2.75, 3.05) is 32.7 Å². The van der Waals surface area contributed by atoms with E-state index in [-0.39, 0.29) is 5.91 Å². The van der Waals surface area contributed by atoms with Crippen LogP contribution in [0.5, 0.6) is 0 Å². The molecule has 0 N–H and O–H groups in total. The summed E-state index contributed by atoms with van der Waals surface area (Å²) in [5.74, 6) is 1.52. The fourth-order valence-corrected chi connectivity index (χ4v) is 2.63. The molecule has 2 aromatic rings. The molecule has 6 nitrogen and oxygen atoms in total. The summed E-state index contributed by atoms with van der Waals surface area (Å²) in [6, 6.07) is 3.46. The van der Waals surface area contributed by atoms with Crippen molar-refractivity contribution in [1.29, 1.82) is 0 Å². The van der Waals surface area contributed by atoms with Crippen LogP contribution in [0.25, 0.3) is 0 Å². The maximum absolute atomic E-state index is 12.2. The Morgan fingerprint density at radius 1 is 1.33 bits per heavy atom. The Labute approximate surface area is 124 Å². The van der Waals surface area contributed by atoms with Gasteiger partial charge in [-0.05, 0) is 12.1 Å². The molecular weight excluding hydrogens is 268 g/mol. The van der Waals surface area contributed by atoms with Crippen molar-refractivity contribution in [3.63, 3.8) is 0 Å². The van der Waals surface area contributed by atoms with Crippen LogP contribution in [-0.2, 0) is 13.5 Å². The van der Waals surface area contributed by atoms with Crippen LogP contribution in [0.4, 0.5) is 0 Å². The van der Waals surface area contributed by atoms with E-state index < -0.39 is 0 Å². The Kier molecular flexibility index (Phi) is 4.06. The highest BCUT2D eigenvalue weighted by molar-refractivity contribution is 5.91. The van der Waals surface area contributed by atoms with Gasteiger partial charge in [0, 0.05) is 58.6 Å². The summed E-state index contributed by atoms with van der Waals surface area (Å²) in [4.78, 5) is 20.7. The van der Waals surface area contributed by atoms with Crippen molar-refractivity contribution in [1.82, 2.24) is 19.4 Å². The molecule has 1 saturated heterocycles. The summed E-state index contributed by atoms with van der Waals surface area (Å²) in [6.07, 6.45) is 6.27. The van der Waals surface area contributed by atoms with E-state index in [4.69, 9.17) is 4.42 Å². The summed E-state index contributed by atoms with van der Waals surface area (Å²) in [7, 11) is 2.02. The lowest BCUT2D eigenvalue weighted by atomic mass is 10.2. The lowest BCUT2D eigenvalue weighted by molar-refractivity contribution is 0.0607. The smallest absolute Gasteiger partial charge is 0.289 e. The standard InChI is InChI=1S/C15H20N4O2/c1-17-7-5-16-14(17)4-6-18-8-10-19(11-9-18)15(20)13-3-2-12-21-13/h2-3,5,7,12H,4,6,8-11H2,1H3. The highest BCUT2D eigenvalue weighted by atomic mass is 16.3. The predicted molar refractivity (Wildman–Crippen MR) is 78.0 cm³/mol. The molecule has 1 aliphatic heterocycles. The van der Waals surface area contributed by atoms with Crippen molar-refractivity contribution in [2.45, 2.75) is 6.42 Å². The maximum atomic E-state index is 12.2. The number of hydrogen-bond donors (Lipinski definition) is 0. The summed E-state index contributed by atoms with van der Waals surface area (Å²) in [6.45, 7) is 4.28. The van der Waals surface area contributed by atoms with Crippen LogP contribution in [0.1, 0.15) is 16.4 Å². The molecule has 0 aliphatic carbocycles. The number of imidazole rings is 1. The van der Waals surface area contributed by atoms with Gasteiger partial charge in [-0.1, -0.05) is 0 Å². The van der Waals surface area contributed by atoms with Gasteiger partial charge in [-0.15, -0.1) is 0 Å². The van der Waals surface area contributed by atoms with Crippen LogP contribution in [0.2, 0.25) is 0 Å². The number of carbonyl (C=O) groups excluding carboxylic acids is 1. The van der Waals surface area contributed by atoms with Gasteiger partial charge in [-0.3, -0.25) is 9.69 Å². The van der Waals surface area contributed by atoms with Gasteiger partial charge in [0.1, 0.15) is 5.82 Å². The number of carbonyl (C=O) groups is 1. The van der Waals surface area contributed by atoms with Crippen LogP contribution >= 0.6 is 0 Å². The van der Waals surface area contributed by atoms with E-state index in [0.29, 0.717) is 5.76 Å². The van der Waals surface area contributed by atoms with Crippen LogP contribution in [-0.4, -0.2) is 58.0 Å². The second-order valence-electron chi connectivity index (χ2n) is 5.32. The van der Waals surface area contributed by atoms with Crippen molar-refractivity contribution in [2.24, 2.45) is 7.05 Å². The number of rotatable bonds is 4. The number of aryl methyl sites for hydroxylation is 1. The topological polar surface area (TPSA) is 54.5 Å². The van der Waals surface area contributed by atoms with Gasteiger partial charge in [0.15, 0.2) is 5.76 Å². The molecule has 0 bridgehead atoms. The zero-order valence-corrected chi connectivity index (χ0v) is 12.2. The molecule has 0 atom stereocenters. The Morgan fingerprint density at radius 2 is 2.14 bits per heavy atom. The van der Waals surface area contributed by atoms with Gasteiger partial charge in [0.05, 0.1) is 6.26 Å². The fourth-order valence-electron chi connectivity index (χ4n) is 2.63. The van der Waals surface area contributed by atoms with Crippen LogP contribution < -0.4 is 0 Å². The highest BCUT2D eigenvalue weighted by Crippen LogP contribution is 2.09. The van der Waals surface area contributed by atoms with Gasteiger partial charge in [-0.25, -0.2) is 4.98 Å². The molecular formula is C15H20N4O2. The minimum absolute atomic E-state index is 0.0104. The lowest BCUT2D eigenvalue weighted by Gasteiger charge is -2.34. The van der Waals surface area contributed by atoms with E-state index in [1.807, 2.05) is 24.3 Å². The van der Waals surface area contributed by atoms with E-state index >= 15 is 0 Å². The predicted octanol–water partition coefficient (Wildman–Crippen LogP) is 1.01. The molecule has 3 rings (SSSR count). The van der Waals surface area contributed by atoms with Crippen molar-refractivity contribution >= 4 is 5.91 Å². The number of piperazine rings is 1. The van der Waals surface area contributed by atoms with Crippen molar-refractivity contribution in [3.8, 4) is 0 Å². The van der Waals surface area contributed by atoms with Crippen molar-refractivity contribution in [3.05, 3.63) is 42.4 Å². The molecule has 112 valence electrons. The molecule has 3 heterocycles. The summed E-state index contributed by atoms with van der Waals surface area (Å²) in [5.41, 5.74) is 0. The Balaban J connectivity index is 1.47. The molecule has 0 saturated carbocycles. The molecule has 1 fully saturated rings. The molecule has 0 spiro atoms. The van der Waals surface area contributed by atoms with Gasteiger partial charge in [0.2, 0.25) is 0 Å². The van der Waals surface area contributed by atoms with Crippen LogP contribution in [0.15, 0.2) is 35.2 Å². The molecule has 0 aromatic carbocycles. The molecule has 0 unspecified atom stereocenters. The van der Waals surface area contributed by atoms with Gasteiger partial charge in [-0.2, -0.15) is 0 Å². The Bertz CT molecular complexity index is 583. The molecule has 21 heavy (non-hydrogen) atoms. The molecule has 0 radical (unpaired) electrons. The van der Waals surface area contributed by atoms with Crippen LogP contribution in [0.3, 0.4) is 0 Å². The summed E-state index contributed by atoms with van der Waals surface area (Å²) >= 11 is 0. The largest absolute Gasteiger partial charge is 0.459 e. The number of furan rings is 1. The minimum atomic E-state index is -0.0104. The third kappa shape index (κ3) is 3.16. The SMILES string of the molecule is Cn1ccnc1CCN1CCN(C(=O)c2ccco2)CC1. The van der Waals surface area contributed by atoms with E-state index in [9.17, 15) is 4.79 Å². The molecule has 6 heteroatoms. The fraction of sp³-hybridized carbons (Fsp3) is 0.467. The third-order valence-corrected chi connectivity index (χ3v) is 3.96. The number of amides is 1. The average molecular weight is 288 g/mol. The number of aromatic nitrogens is 2. The summed E-state index contributed by atoms with van der Waals surface area (Å²) < 4.78 is 7.22. The van der Waals surface area contributed by atoms with Gasteiger partial charge in [0.25, 0.3) is 5.91 Å². The van der Waals surface area contributed by atoms with E-state index in [2.05, 4.69) is 14.5 Å². The molecule has 1 amide bonds. The van der Waals surface area contributed by atoms with Gasteiger partial charge < -0.3 is 13.9 Å². The Morgan fingerprint density at radius 3 is 2.76 bits per heavy atom. The molecule has 1 aliphatic rings. The van der Waals surface area contributed by atoms with E-state index in [0.717, 1.165) is 45.0 Å². The average Bonchev–Trinajstić information content (AvgIpc) is 3.17. The monoisotopic (exact) mass is 288 g/mol. The first-order valence-electron chi connectivity index (χ1n) is 7.25.